The standard InChI is InChI=1S/C17H24N2O/c1-4-5-6-10-13-19-16(14(2)18(3)17(19)20)15-11-8-7-9-12-15/h7-14,16H,4-6H2,1-3H3/b13-10-/t14-,16-/m1/s1. The van der Waals surface area contributed by atoms with Gasteiger partial charge in [-0.2, -0.15) is 0 Å². The van der Waals surface area contributed by atoms with E-state index in [4.69, 9.17) is 0 Å². The molecule has 1 aromatic rings. The number of hydrogen-bond donors (Lipinski definition) is 0. The van der Waals surface area contributed by atoms with E-state index >= 15 is 0 Å². The van der Waals surface area contributed by atoms with E-state index in [1.54, 1.807) is 0 Å². The van der Waals surface area contributed by atoms with Crippen LogP contribution in [0.4, 0.5) is 4.79 Å². The molecular weight excluding hydrogens is 248 g/mol. The third-order valence-corrected chi connectivity index (χ3v) is 4.02. The van der Waals surface area contributed by atoms with Gasteiger partial charge in [0.05, 0.1) is 12.1 Å². The van der Waals surface area contributed by atoms with Gasteiger partial charge in [0.25, 0.3) is 0 Å². The monoisotopic (exact) mass is 272 g/mol. The van der Waals surface area contributed by atoms with Crippen LogP contribution in [0.2, 0.25) is 0 Å². The van der Waals surface area contributed by atoms with Crippen molar-refractivity contribution in [1.82, 2.24) is 9.80 Å². The van der Waals surface area contributed by atoms with Crippen LogP contribution in [0.15, 0.2) is 42.6 Å². The van der Waals surface area contributed by atoms with Gasteiger partial charge in [0, 0.05) is 13.2 Å². The molecule has 0 radical (unpaired) electrons. The van der Waals surface area contributed by atoms with Crippen molar-refractivity contribution in [1.29, 1.82) is 0 Å². The molecule has 1 aliphatic heterocycles. The minimum Gasteiger partial charge on any atom is -0.322 e. The summed E-state index contributed by atoms with van der Waals surface area (Å²) in [6, 6.07) is 10.6. The zero-order valence-corrected chi connectivity index (χ0v) is 12.6. The topological polar surface area (TPSA) is 23.6 Å². The summed E-state index contributed by atoms with van der Waals surface area (Å²) in [5.41, 5.74) is 1.19. The molecule has 1 aromatic carbocycles. The lowest BCUT2D eigenvalue weighted by Gasteiger charge is -2.22. The van der Waals surface area contributed by atoms with Crippen molar-refractivity contribution in [3.05, 3.63) is 48.2 Å². The van der Waals surface area contributed by atoms with E-state index in [0.717, 1.165) is 6.42 Å². The molecule has 1 heterocycles. The molecule has 2 atom stereocenters. The Labute approximate surface area is 121 Å². The van der Waals surface area contributed by atoms with E-state index < -0.39 is 0 Å². The number of amides is 2. The minimum absolute atomic E-state index is 0.0825. The Balaban J connectivity index is 2.21. The molecule has 20 heavy (non-hydrogen) atoms. The lowest BCUT2D eigenvalue weighted by Crippen LogP contribution is -2.28. The summed E-state index contributed by atoms with van der Waals surface area (Å²) < 4.78 is 0. The van der Waals surface area contributed by atoms with Crippen molar-refractivity contribution < 1.29 is 4.79 Å². The molecule has 0 unspecified atom stereocenters. The number of allylic oxidation sites excluding steroid dienone is 1. The van der Waals surface area contributed by atoms with Gasteiger partial charge < -0.3 is 4.90 Å². The number of urea groups is 1. The normalized spacial score (nSPS) is 23.1. The van der Waals surface area contributed by atoms with E-state index in [9.17, 15) is 4.79 Å². The van der Waals surface area contributed by atoms with Crippen LogP contribution in [-0.2, 0) is 0 Å². The van der Waals surface area contributed by atoms with Gasteiger partial charge in [0.2, 0.25) is 0 Å². The summed E-state index contributed by atoms with van der Waals surface area (Å²) in [5, 5.41) is 0. The molecule has 0 bridgehead atoms. The molecule has 1 aliphatic rings. The van der Waals surface area contributed by atoms with Crippen molar-refractivity contribution in [3.63, 3.8) is 0 Å². The molecule has 0 N–H and O–H groups in total. The van der Waals surface area contributed by atoms with Crippen molar-refractivity contribution in [2.24, 2.45) is 0 Å². The first-order valence-electron chi connectivity index (χ1n) is 7.43. The van der Waals surface area contributed by atoms with Gasteiger partial charge in [-0.25, -0.2) is 4.79 Å². The van der Waals surface area contributed by atoms with Crippen LogP contribution in [0.25, 0.3) is 0 Å². The van der Waals surface area contributed by atoms with Gasteiger partial charge in [0.15, 0.2) is 0 Å². The average Bonchev–Trinajstić information content (AvgIpc) is 2.69. The molecule has 0 aliphatic carbocycles. The highest BCUT2D eigenvalue weighted by Crippen LogP contribution is 2.34. The second kappa shape index (κ2) is 6.60. The Morgan fingerprint density at radius 2 is 1.95 bits per heavy atom. The molecule has 108 valence electrons. The first-order chi connectivity index (χ1) is 9.66. The third kappa shape index (κ3) is 2.87. The molecule has 0 saturated carbocycles. The summed E-state index contributed by atoms with van der Waals surface area (Å²) in [5.74, 6) is 0. The summed E-state index contributed by atoms with van der Waals surface area (Å²) >= 11 is 0. The molecule has 3 nitrogen and oxygen atoms in total. The molecule has 1 fully saturated rings. The summed E-state index contributed by atoms with van der Waals surface area (Å²) in [7, 11) is 1.88. The van der Waals surface area contributed by atoms with Crippen molar-refractivity contribution in [2.75, 3.05) is 7.05 Å². The van der Waals surface area contributed by atoms with Crippen LogP contribution in [-0.4, -0.2) is 28.9 Å². The maximum absolute atomic E-state index is 12.4. The molecule has 0 spiro atoms. The number of carbonyl (C=O) groups is 1. The van der Waals surface area contributed by atoms with E-state index in [1.807, 2.05) is 41.2 Å². The average molecular weight is 272 g/mol. The van der Waals surface area contributed by atoms with E-state index in [2.05, 4.69) is 32.1 Å². The van der Waals surface area contributed by atoms with Crippen LogP contribution in [0.1, 0.15) is 44.7 Å². The smallest absolute Gasteiger partial charge is 0.322 e. The number of carbonyl (C=O) groups excluding carboxylic acids is 1. The Bertz CT molecular complexity index is 469. The fraction of sp³-hybridized carbons (Fsp3) is 0.471. The van der Waals surface area contributed by atoms with E-state index in [1.165, 1.54) is 18.4 Å². The van der Waals surface area contributed by atoms with Gasteiger partial charge in [-0.15, -0.1) is 0 Å². The fourth-order valence-corrected chi connectivity index (χ4v) is 2.68. The van der Waals surface area contributed by atoms with E-state index in [0.29, 0.717) is 0 Å². The van der Waals surface area contributed by atoms with Crippen molar-refractivity contribution in [3.8, 4) is 0 Å². The van der Waals surface area contributed by atoms with Gasteiger partial charge in [-0.05, 0) is 18.9 Å². The quantitative estimate of drug-likeness (QED) is 0.737. The SMILES string of the molecule is CCCC/C=C\N1C(=O)N(C)[C@H](C)[C@@H]1c1ccccc1. The molecule has 3 heteroatoms. The summed E-state index contributed by atoms with van der Waals surface area (Å²) in [6.45, 7) is 4.28. The maximum atomic E-state index is 12.4. The first kappa shape index (κ1) is 14.6. The molecule has 2 amide bonds. The zero-order valence-electron chi connectivity index (χ0n) is 12.6. The Kier molecular flexibility index (Phi) is 4.83. The van der Waals surface area contributed by atoms with Crippen LogP contribution >= 0.6 is 0 Å². The summed E-state index contributed by atoms with van der Waals surface area (Å²) in [6.07, 6.45) is 7.45. The zero-order chi connectivity index (χ0) is 14.5. The number of likely N-dealkylation sites (N-methyl/N-ethyl adjacent to an activating group) is 1. The highest BCUT2D eigenvalue weighted by Gasteiger charge is 2.40. The highest BCUT2D eigenvalue weighted by molar-refractivity contribution is 5.79. The number of rotatable bonds is 5. The predicted octanol–water partition coefficient (Wildman–Crippen LogP) is 4.19. The van der Waals surface area contributed by atoms with Crippen LogP contribution in [0.5, 0.6) is 0 Å². The Morgan fingerprint density at radius 3 is 2.60 bits per heavy atom. The van der Waals surface area contributed by atoms with Gasteiger partial charge in [-0.1, -0.05) is 56.2 Å². The molecule has 1 saturated heterocycles. The van der Waals surface area contributed by atoms with Gasteiger partial charge in [0.1, 0.15) is 0 Å². The Hall–Kier alpha value is -1.77. The van der Waals surface area contributed by atoms with Gasteiger partial charge >= 0.3 is 6.03 Å². The lowest BCUT2D eigenvalue weighted by molar-refractivity contribution is 0.204. The largest absolute Gasteiger partial charge is 0.324 e. The minimum atomic E-state index is 0.0825. The summed E-state index contributed by atoms with van der Waals surface area (Å²) in [4.78, 5) is 16.1. The van der Waals surface area contributed by atoms with Crippen molar-refractivity contribution in [2.45, 2.75) is 45.2 Å². The molecule has 0 aromatic heterocycles. The van der Waals surface area contributed by atoms with Crippen LogP contribution in [0.3, 0.4) is 0 Å². The predicted molar refractivity (Wildman–Crippen MR) is 82.3 cm³/mol. The number of unbranched alkanes of at least 4 members (excludes halogenated alkanes) is 2. The lowest BCUT2D eigenvalue weighted by atomic mass is 10.0. The second-order valence-corrected chi connectivity index (χ2v) is 5.42. The first-order valence-corrected chi connectivity index (χ1v) is 7.43. The van der Waals surface area contributed by atoms with Crippen LogP contribution < -0.4 is 0 Å². The maximum Gasteiger partial charge on any atom is 0.324 e. The van der Waals surface area contributed by atoms with Crippen molar-refractivity contribution >= 4 is 6.03 Å². The number of hydrogen-bond acceptors (Lipinski definition) is 1. The fourth-order valence-electron chi connectivity index (χ4n) is 2.68. The second-order valence-electron chi connectivity index (χ2n) is 5.42. The third-order valence-electron chi connectivity index (χ3n) is 4.02. The van der Waals surface area contributed by atoms with E-state index in [-0.39, 0.29) is 18.1 Å². The molecular formula is C17H24N2O. The highest BCUT2D eigenvalue weighted by atomic mass is 16.2. The molecule has 2 rings (SSSR count). The van der Waals surface area contributed by atoms with Crippen LogP contribution in [0, 0.1) is 0 Å². The van der Waals surface area contributed by atoms with Gasteiger partial charge in [-0.3, -0.25) is 4.90 Å². The number of nitrogens with zero attached hydrogens (tertiary/aromatic N) is 2. The Morgan fingerprint density at radius 1 is 1.25 bits per heavy atom. The number of benzene rings is 1.